The summed E-state index contributed by atoms with van der Waals surface area (Å²) in [5.74, 6) is 0. The molecule has 0 saturated heterocycles. The van der Waals surface area contributed by atoms with E-state index in [1.54, 1.807) is 0 Å². The lowest BCUT2D eigenvalue weighted by atomic mass is 10.2. The zero-order valence-electron chi connectivity index (χ0n) is 46.2. The lowest BCUT2D eigenvalue weighted by molar-refractivity contribution is 0.486. The van der Waals surface area contributed by atoms with Crippen LogP contribution in [0.3, 0.4) is 0 Å². The van der Waals surface area contributed by atoms with E-state index in [4.69, 9.17) is 13.5 Å². The quantitative estimate of drug-likeness (QED) is 0.0378. The molecule has 384 valence electrons. The largest absolute Gasteiger partial charge is 0.319 e. The van der Waals surface area contributed by atoms with E-state index >= 15 is 0 Å². The summed E-state index contributed by atoms with van der Waals surface area (Å²) < 4.78 is 22.2. The van der Waals surface area contributed by atoms with Crippen LogP contribution in [0.15, 0.2) is 159 Å². The summed E-state index contributed by atoms with van der Waals surface area (Å²) in [6.45, 7) is 0. The average molecular weight is 1040 g/mol. The predicted octanol–water partition coefficient (Wildman–Crippen LogP) is 13.7. The molecular weight excluding hydrogens is 952 g/mol. The van der Waals surface area contributed by atoms with Gasteiger partial charge in [-0.05, 0) is 72.8 Å². The zero-order valence-corrected chi connectivity index (χ0v) is 48.9. The average Bonchev–Trinajstić information content (AvgIpc) is 3.25. The summed E-state index contributed by atoms with van der Waals surface area (Å²) in [5.41, 5.74) is 12.3. The van der Waals surface area contributed by atoms with Crippen LogP contribution in [0.25, 0.3) is 0 Å². The van der Waals surface area contributed by atoms with E-state index in [0.717, 1.165) is 34.1 Å². The highest BCUT2D eigenvalue weighted by Gasteiger charge is 2.40. The smallest absolute Gasteiger partial charge is 0.268 e. The highest BCUT2D eigenvalue weighted by Crippen LogP contribution is 2.76. The van der Waals surface area contributed by atoms with E-state index in [9.17, 15) is 0 Å². The number of benzene rings is 6. The van der Waals surface area contributed by atoms with Gasteiger partial charge in [-0.2, -0.15) is 13.5 Å². The number of hydrogen-bond acceptors (Lipinski definition) is 9. The van der Waals surface area contributed by atoms with Crippen LogP contribution in [0, 0.1) is 0 Å². The number of anilines is 6. The maximum atomic E-state index is 6.05. The van der Waals surface area contributed by atoms with E-state index in [1.165, 1.54) is 34.1 Å². The van der Waals surface area contributed by atoms with Crippen molar-refractivity contribution in [1.82, 2.24) is 26.9 Å². The van der Waals surface area contributed by atoms with Crippen molar-refractivity contribution < 1.29 is 0 Å². The standard InChI is InChI=1S/C54H84N15P3/c1-64(2,3)49-31-19-43(20-32-49)55-70(56-44-21-33-50(34-22-44)65(4,5)6)61-71(57-45-23-35-51(36-24-45)66(7,8)9,58-46-25-37-52(38-26-46)67(10,11)12)63-72(62-70,59-47-27-39-53(40-28-47)68(13,14)15)60-48-29-41-54(42-30-48)69(16,17)18/h19-42,55-60H,1-18H3/q+6. The monoisotopic (exact) mass is 1040 g/mol. The molecule has 18 heteroatoms. The van der Waals surface area contributed by atoms with Gasteiger partial charge in [0.05, 0.1) is 127 Å². The summed E-state index contributed by atoms with van der Waals surface area (Å²) >= 11 is 0. The van der Waals surface area contributed by atoms with Gasteiger partial charge in [-0.3, -0.25) is 26.9 Å². The molecule has 0 amide bonds. The molecule has 72 heavy (non-hydrogen) atoms. The predicted molar refractivity (Wildman–Crippen MR) is 326 cm³/mol. The van der Waals surface area contributed by atoms with Crippen LogP contribution in [0.2, 0.25) is 0 Å². The summed E-state index contributed by atoms with van der Waals surface area (Å²) in [7, 11) is 29.0. The highest BCUT2D eigenvalue weighted by molar-refractivity contribution is 7.89. The maximum absolute atomic E-state index is 6.05. The van der Waals surface area contributed by atoms with Crippen molar-refractivity contribution in [2.45, 2.75) is 0 Å². The van der Waals surface area contributed by atoms with E-state index < -0.39 is 22.5 Å². The van der Waals surface area contributed by atoms with Gasteiger partial charge in [0, 0.05) is 107 Å². The molecule has 1 aliphatic heterocycles. The number of nitrogens with one attached hydrogen (secondary N) is 6. The molecule has 7 rings (SSSR count). The van der Waals surface area contributed by atoms with Crippen molar-refractivity contribution in [3.63, 3.8) is 0 Å². The Labute approximate surface area is 432 Å². The fourth-order valence-corrected chi connectivity index (χ4v) is 19.2. The fourth-order valence-electron chi connectivity index (χ4n) is 7.95. The molecule has 6 aromatic carbocycles. The van der Waals surface area contributed by atoms with Gasteiger partial charge >= 0.3 is 0 Å². The van der Waals surface area contributed by atoms with Crippen LogP contribution in [-0.2, 0) is 0 Å². The van der Waals surface area contributed by atoms with Crippen molar-refractivity contribution in [2.75, 3.05) is 157 Å². The summed E-state index contributed by atoms with van der Waals surface area (Å²) in [6, 6.07) is 51.8. The lowest BCUT2D eigenvalue weighted by Gasteiger charge is -2.39. The maximum Gasteiger partial charge on any atom is 0.268 e. The van der Waals surface area contributed by atoms with Gasteiger partial charge < -0.3 is 30.5 Å². The first kappa shape index (κ1) is 54.3. The lowest BCUT2D eigenvalue weighted by Crippen LogP contribution is -2.34. The molecule has 0 atom stereocenters. The van der Waals surface area contributed by atoms with Crippen LogP contribution in [-0.4, -0.2) is 127 Å². The van der Waals surface area contributed by atoms with Crippen molar-refractivity contribution in [2.24, 2.45) is 13.5 Å². The second-order valence-corrected chi connectivity index (χ2v) is 31.2. The van der Waals surface area contributed by atoms with Gasteiger partial charge in [-0.1, -0.05) is 0 Å². The van der Waals surface area contributed by atoms with E-state index in [2.05, 4.69) is 303 Å². The van der Waals surface area contributed by atoms with Crippen LogP contribution in [0.5, 0.6) is 0 Å². The SMILES string of the molecule is C[N+](C)(C)c1ccc(NP2(Nc3ccc([N+](C)(C)C)cc3)=NP(Nc3ccc([N+](C)(C)C)cc3)(Nc3ccc([N+](C)(C)C)cc3)=NP(Nc3ccc([N+](C)(C)C)cc3)(Nc3ccc([N+](C)(C)C)cc3)=N2)cc1. The Balaban J connectivity index is 1.60. The molecule has 1 aliphatic rings. The minimum Gasteiger partial charge on any atom is -0.319 e. The Morgan fingerprint density at radius 3 is 0.417 bits per heavy atom. The second kappa shape index (κ2) is 19.8. The van der Waals surface area contributed by atoms with Crippen LogP contribution in [0.4, 0.5) is 68.2 Å². The molecule has 15 nitrogen and oxygen atoms in total. The first-order chi connectivity index (χ1) is 33.2. The number of nitrogens with zero attached hydrogens (tertiary/aromatic N) is 9. The molecule has 1 heterocycles. The normalized spacial score (nSPS) is 15.8. The van der Waals surface area contributed by atoms with Gasteiger partial charge in [-0.25, -0.2) is 0 Å². The number of rotatable bonds is 18. The summed E-state index contributed by atoms with van der Waals surface area (Å²) in [5, 5.41) is 24.1. The highest BCUT2D eigenvalue weighted by atomic mass is 31.3. The number of quaternary nitrogens is 6. The van der Waals surface area contributed by atoms with Crippen molar-refractivity contribution in [3.05, 3.63) is 146 Å². The number of hydrogen-bond donors (Lipinski definition) is 6. The van der Waals surface area contributed by atoms with Gasteiger partial charge in [0.2, 0.25) is 0 Å². The van der Waals surface area contributed by atoms with Crippen LogP contribution < -0.4 is 57.4 Å². The Hall–Kier alpha value is -5.43. The zero-order chi connectivity index (χ0) is 52.8. The van der Waals surface area contributed by atoms with Gasteiger partial charge in [0.25, 0.3) is 22.5 Å². The molecule has 0 aliphatic carbocycles. The molecule has 6 aromatic rings. The first-order valence-corrected chi connectivity index (χ1v) is 29.4. The Morgan fingerprint density at radius 1 is 0.208 bits per heavy atom. The molecule has 0 unspecified atom stereocenters. The van der Waals surface area contributed by atoms with E-state index in [1.807, 2.05) is 0 Å². The minimum absolute atomic E-state index is 0.676. The Kier molecular flexibility index (Phi) is 14.9. The van der Waals surface area contributed by atoms with Gasteiger partial charge in [0.15, 0.2) is 0 Å². The second-order valence-electron chi connectivity index (χ2n) is 24.1. The molecule has 0 saturated carbocycles. The summed E-state index contributed by atoms with van der Waals surface area (Å²) in [6.07, 6.45) is 0. The third kappa shape index (κ3) is 13.6. The molecule has 6 N–H and O–H groups in total. The van der Waals surface area contributed by atoms with Crippen molar-refractivity contribution >= 4 is 90.8 Å². The van der Waals surface area contributed by atoms with Crippen molar-refractivity contribution in [1.29, 1.82) is 0 Å². The van der Waals surface area contributed by atoms with E-state index in [0.29, 0.717) is 26.9 Å². The van der Waals surface area contributed by atoms with Gasteiger partial charge in [0.1, 0.15) is 34.1 Å². The fraction of sp³-hybridized carbons (Fsp3) is 0.333. The van der Waals surface area contributed by atoms with Crippen LogP contribution >= 0.6 is 22.5 Å². The molecule has 0 spiro atoms. The first-order valence-electron chi connectivity index (χ1n) is 24.4. The van der Waals surface area contributed by atoms with Crippen molar-refractivity contribution in [3.8, 4) is 0 Å². The third-order valence-electron chi connectivity index (χ3n) is 12.3. The third-order valence-corrected chi connectivity index (χ3v) is 22.0. The molecule has 0 aromatic heterocycles. The Morgan fingerprint density at radius 2 is 0.319 bits per heavy atom. The summed E-state index contributed by atoms with van der Waals surface area (Å²) in [4.78, 5) is 0. The molecule has 0 bridgehead atoms. The topological polar surface area (TPSA) is 109 Å². The van der Waals surface area contributed by atoms with Crippen LogP contribution in [0.1, 0.15) is 0 Å². The molecule has 0 fully saturated rings. The van der Waals surface area contributed by atoms with Gasteiger partial charge in [-0.15, -0.1) is 0 Å². The minimum atomic E-state index is -3.40. The Bertz CT molecular complexity index is 2460. The van der Waals surface area contributed by atoms with E-state index in [-0.39, 0.29) is 0 Å². The molecule has 0 radical (unpaired) electrons. The molecular formula is C54H84N15P3+6.